The third-order valence-corrected chi connectivity index (χ3v) is 19.9. The summed E-state index contributed by atoms with van der Waals surface area (Å²) in [4.78, 5) is 126. The van der Waals surface area contributed by atoms with Gasteiger partial charge < -0.3 is 60.1 Å². The summed E-state index contributed by atoms with van der Waals surface area (Å²) in [6.07, 6.45) is 15.4. The number of pyridine rings is 3. The van der Waals surface area contributed by atoms with Gasteiger partial charge in [0, 0.05) is 186 Å². The number of nitrogens with one attached hydrogen (secondary N) is 6. The molecule has 0 unspecified atom stereocenters. The van der Waals surface area contributed by atoms with E-state index in [-0.39, 0.29) is 35.7 Å². The van der Waals surface area contributed by atoms with Gasteiger partial charge >= 0.3 is 6.03 Å². The average Bonchev–Trinajstić information content (AvgIpc) is 1.66. The molecule has 12 aromatic rings. The maximum atomic E-state index is 13.3. The molecule has 28 nitrogen and oxygen atoms in total. The van der Waals surface area contributed by atoms with Crippen molar-refractivity contribution in [2.24, 2.45) is 5.92 Å². The number of piperidine rings is 2. The average molecular weight is 1450 g/mol. The zero-order valence-electron chi connectivity index (χ0n) is 60.8. The SMILES string of the molecule is CN1C(=O)CCN(C2CCN(C(=O)c3cc4cc(Nc5nccc(-c6ccccn6)n5)ccc4[nH]3)CC2)C1=O.CN1CCC(CN2CCN(C(=O)c3cc4cc(Nc5nccc(-c6ccccn6)n5)ccc4[nH]3)CC2)CC1.COCCCN(C)C(=O)c1cc2cc(Nc3nccc(-c4ccccn4)n3)ccc2[nH]1. The van der Waals surface area contributed by atoms with E-state index in [0.29, 0.717) is 87.0 Å². The number of amides is 6. The van der Waals surface area contributed by atoms with Gasteiger partial charge in [-0.15, -0.1) is 0 Å². The summed E-state index contributed by atoms with van der Waals surface area (Å²) in [5.74, 6) is 2.02. The molecule has 4 fully saturated rings. The number of urea groups is 1. The van der Waals surface area contributed by atoms with Crippen molar-refractivity contribution in [3.8, 4) is 34.2 Å². The number of piperazine rings is 1. The molecule has 4 aliphatic heterocycles. The second kappa shape index (κ2) is 33.8. The number of aromatic amines is 3. The van der Waals surface area contributed by atoms with Crippen molar-refractivity contribution in [1.82, 2.24) is 94.1 Å². The summed E-state index contributed by atoms with van der Waals surface area (Å²) in [5.41, 5.74) is 11.4. The number of carbonyl (C=O) groups excluding carboxylic acids is 5. The summed E-state index contributed by atoms with van der Waals surface area (Å²) in [5, 5.41) is 12.5. The molecule has 6 amide bonds. The first kappa shape index (κ1) is 72.5. The number of anilines is 6. The number of rotatable bonds is 19. The minimum atomic E-state index is -0.245. The molecule has 28 heteroatoms. The van der Waals surface area contributed by atoms with E-state index in [0.717, 1.165) is 129 Å². The van der Waals surface area contributed by atoms with Crippen molar-refractivity contribution in [3.05, 3.63) is 200 Å². The van der Waals surface area contributed by atoms with Crippen molar-refractivity contribution in [2.45, 2.75) is 44.6 Å². The molecular formula is C80H86N22O6. The topological polar surface area (TPSA) is 317 Å². The number of fused-ring (bicyclic) bond motifs is 3. The van der Waals surface area contributed by atoms with Crippen molar-refractivity contribution in [2.75, 3.05) is 123 Å². The number of ether oxygens (including phenoxy) is 1. The van der Waals surface area contributed by atoms with Gasteiger partial charge in [0.15, 0.2) is 0 Å². The highest BCUT2D eigenvalue weighted by Gasteiger charge is 2.36. The molecule has 0 bridgehead atoms. The summed E-state index contributed by atoms with van der Waals surface area (Å²) in [6, 6.07) is 45.6. The molecule has 4 saturated heterocycles. The number of likely N-dealkylation sites (tertiary alicyclic amines) is 2. The molecule has 0 radical (unpaired) electrons. The fraction of sp³-hybridized carbons (Fsp3) is 0.300. The standard InChI is InChI=1S/C29H34N8O.C28H28N8O3.C23H24N6O2/c1-35-12-8-21(9-13-35)20-36-14-16-37(17-15-36)28(38)27-19-22-18-23(5-6-24(22)33-27)32-29-31-11-7-26(34-29)25-4-2-3-10-30-25;1-34-25(37)10-15-36(28(34)39)20-8-13-35(14-9-20)26(38)24-17-18-16-19(5-6-21(18)32-24)31-27-30-12-7-23(33-27)22-4-2-3-11-29-22;1-29(12-5-13-31-2)22(30)21-15-16-14-17(7-8-18(16)27-21)26-23-25-11-9-20(28-23)19-6-3-4-10-24-19/h2-7,10-11,18-19,21,33H,8-9,12-17,20H2,1H3,(H,31,32,34);2-7,11-12,16-17,20,32H,8-10,13-15H2,1H3,(H,30,31,33);3-4,6-11,14-15,27H,5,12-13H2,1-2H3,(H,25,26,28). The summed E-state index contributed by atoms with van der Waals surface area (Å²) in [7, 11) is 7.19. The van der Waals surface area contributed by atoms with Crippen LogP contribution < -0.4 is 16.0 Å². The lowest BCUT2D eigenvalue weighted by atomic mass is 9.96. The van der Waals surface area contributed by atoms with Gasteiger partial charge in [0.05, 0.1) is 34.2 Å². The van der Waals surface area contributed by atoms with E-state index in [1.807, 2.05) is 155 Å². The molecule has 16 rings (SSSR count). The lowest BCUT2D eigenvalue weighted by molar-refractivity contribution is -0.130. The fourth-order valence-electron chi connectivity index (χ4n) is 13.9. The first-order valence-electron chi connectivity index (χ1n) is 36.4. The largest absolute Gasteiger partial charge is 0.385 e. The molecule has 9 aromatic heterocycles. The Hall–Kier alpha value is -12.4. The number of nitrogens with zero attached hydrogens (tertiary/aromatic N) is 16. The van der Waals surface area contributed by atoms with E-state index in [1.165, 1.54) is 37.9 Å². The van der Waals surface area contributed by atoms with E-state index >= 15 is 0 Å². The minimum absolute atomic E-state index is 0.0341. The molecule has 0 spiro atoms. The van der Waals surface area contributed by atoms with Crippen molar-refractivity contribution in [3.63, 3.8) is 0 Å². The molecule has 108 heavy (non-hydrogen) atoms. The second-order valence-corrected chi connectivity index (χ2v) is 27.4. The van der Waals surface area contributed by atoms with Crippen LogP contribution in [-0.4, -0.2) is 237 Å². The Balaban J connectivity index is 0.000000137. The van der Waals surface area contributed by atoms with Crippen LogP contribution in [0.1, 0.15) is 70.0 Å². The highest BCUT2D eigenvalue weighted by Crippen LogP contribution is 2.30. The van der Waals surface area contributed by atoms with Crippen LogP contribution in [0.5, 0.6) is 0 Å². The Morgan fingerprint density at radius 2 is 0.935 bits per heavy atom. The third kappa shape index (κ3) is 17.8. The molecule has 13 heterocycles. The van der Waals surface area contributed by atoms with E-state index in [9.17, 15) is 24.0 Å². The Morgan fingerprint density at radius 1 is 0.491 bits per heavy atom. The van der Waals surface area contributed by atoms with Crippen molar-refractivity contribution >= 4 is 97.3 Å². The number of H-pyrrole nitrogens is 3. The maximum Gasteiger partial charge on any atom is 0.326 e. The molecule has 4 aliphatic rings. The van der Waals surface area contributed by atoms with Crippen LogP contribution in [0.25, 0.3) is 66.9 Å². The number of carbonyl (C=O) groups is 5. The molecule has 552 valence electrons. The number of benzene rings is 3. The zero-order valence-corrected chi connectivity index (χ0v) is 60.8. The lowest BCUT2D eigenvalue weighted by Gasteiger charge is -2.41. The van der Waals surface area contributed by atoms with Gasteiger partial charge in [-0.1, -0.05) is 18.2 Å². The van der Waals surface area contributed by atoms with Gasteiger partial charge in [-0.05, 0) is 186 Å². The number of aromatic nitrogens is 12. The Bertz CT molecular complexity index is 5110. The second-order valence-electron chi connectivity index (χ2n) is 27.4. The van der Waals surface area contributed by atoms with Crippen LogP contribution in [0.3, 0.4) is 0 Å². The van der Waals surface area contributed by atoms with Gasteiger partial charge in [-0.3, -0.25) is 43.9 Å². The van der Waals surface area contributed by atoms with Crippen LogP contribution in [0, 0.1) is 5.92 Å². The maximum absolute atomic E-state index is 13.3. The molecule has 0 saturated carbocycles. The molecule has 0 aliphatic carbocycles. The third-order valence-electron chi connectivity index (χ3n) is 19.9. The van der Waals surface area contributed by atoms with Gasteiger partial charge in [0.1, 0.15) is 17.1 Å². The van der Waals surface area contributed by atoms with Gasteiger partial charge in [-0.25, -0.2) is 34.7 Å². The predicted octanol–water partition coefficient (Wildman–Crippen LogP) is 11.4. The first-order valence-corrected chi connectivity index (χ1v) is 36.4. The van der Waals surface area contributed by atoms with E-state index < -0.39 is 0 Å². The Morgan fingerprint density at radius 3 is 1.38 bits per heavy atom. The van der Waals surface area contributed by atoms with Crippen molar-refractivity contribution < 1.29 is 28.7 Å². The monoisotopic (exact) mass is 1450 g/mol. The van der Waals surface area contributed by atoms with Crippen LogP contribution in [0.2, 0.25) is 0 Å². The number of hydrogen-bond acceptors (Lipinski definition) is 20. The summed E-state index contributed by atoms with van der Waals surface area (Å²) >= 11 is 0. The molecule has 0 atom stereocenters. The predicted molar refractivity (Wildman–Crippen MR) is 415 cm³/mol. The molecule has 3 aromatic carbocycles. The number of imide groups is 1. The van der Waals surface area contributed by atoms with Gasteiger partial charge in [0.2, 0.25) is 23.8 Å². The van der Waals surface area contributed by atoms with Crippen molar-refractivity contribution in [1.29, 1.82) is 0 Å². The van der Waals surface area contributed by atoms with E-state index in [1.54, 1.807) is 61.1 Å². The smallest absolute Gasteiger partial charge is 0.326 e. The van der Waals surface area contributed by atoms with Crippen LogP contribution in [0.15, 0.2) is 183 Å². The normalized spacial score (nSPS) is 15.4. The van der Waals surface area contributed by atoms with Gasteiger partial charge in [-0.2, -0.15) is 0 Å². The minimum Gasteiger partial charge on any atom is -0.385 e. The van der Waals surface area contributed by atoms with Gasteiger partial charge in [0.25, 0.3) is 17.7 Å². The molecule has 6 N–H and O–H groups in total. The fourth-order valence-corrected chi connectivity index (χ4v) is 13.9. The van der Waals surface area contributed by atoms with E-state index in [2.05, 4.69) is 92.6 Å². The number of methoxy groups -OCH3 is 1. The van der Waals surface area contributed by atoms with E-state index in [4.69, 9.17) is 4.74 Å². The first-order chi connectivity index (χ1) is 52.7. The van der Waals surface area contributed by atoms with Crippen LogP contribution in [-0.2, 0) is 9.53 Å². The summed E-state index contributed by atoms with van der Waals surface area (Å²) < 4.78 is 5.05. The Labute approximate surface area is 624 Å². The quantitative estimate of drug-likeness (QED) is 0.0410. The van der Waals surface area contributed by atoms with Crippen LogP contribution >= 0.6 is 0 Å². The summed E-state index contributed by atoms with van der Waals surface area (Å²) in [6.45, 7) is 9.82. The zero-order chi connectivity index (χ0) is 74.5. The Kier molecular flexibility index (Phi) is 22.7. The highest BCUT2D eigenvalue weighted by molar-refractivity contribution is 6.01. The van der Waals surface area contributed by atoms with Crippen LogP contribution in [0.4, 0.5) is 39.7 Å². The lowest BCUT2D eigenvalue weighted by Crippen LogP contribution is -2.56. The molecular weight excluding hydrogens is 1370 g/mol. The number of hydrogen-bond donors (Lipinski definition) is 6. The highest BCUT2D eigenvalue weighted by atomic mass is 16.5.